The second kappa shape index (κ2) is 7.57. The van der Waals surface area contributed by atoms with Gasteiger partial charge in [0.05, 0.1) is 11.6 Å². The van der Waals surface area contributed by atoms with Gasteiger partial charge in [-0.3, -0.25) is 0 Å². The zero-order valence-electron chi connectivity index (χ0n) is 10.9. The molecule has 1 aromatic carbocycles. The minimum Gasteiger partial charge on any atom is -0.492 e. The summed E-state index contributed by atoms with van der Waals surface area (Å²) in [6.45, 7) is 9.10. The van der Waals surface area contributed by atoms with Crippen molar-refractivity contribution in [2.24, 2.45) is 5.92 Å². The van der Waals surface area contributed by atoms with Crippen LogP contribution in [0.15, 0.2) is 18.2 Å². The Kier molecular flexibility index (Phi) is 6.38. The molecule has 2 nitrogen and oxygen atoms in total. The van der Waals surface area contributed by atoms with Crippen molar-refractivity contribution in [1.29, 1.82) is 0 Å². The molecule has 0 saturated heterocycles. The minimum absolute atomic E-state index is 0.485. The van der Waals surface area contributed by atoms with Gasteiger partial charge in [-0.05, 0) is 37.6 Å². The van der Waals surface area contributed by atoms with Crippen LogP contribution in [0.2, 0.25) is 5.02 Å². The van der Waals surface area contributed by atoms with Gasteiger partial charge in [-0.1, -0.05) is 31.5 Å². The largest absolute Gasteiger partial charge is 0.492 e. The molecule has 0 fully saturated rings. The molecule has 0 bridgehead atoms. The topological polar surface area (TPSA) is 21.3 Å². The van der Waals surface area contributed by atoms with Gasteiger partial charge in [-0.15, -0.1) is 0 Å². The van der Waals surface area contributed by atoms with Gasteiger partial charge >= 0.3 is 0 Å². The van der Waals surface area contributed by atoms with Crippen molar-refractivity contribution in [3.63, 3.8) is 0 Å². The van der Waals surface area contributed by atoms with Crippen LogP contribution in [0.4, 0.5) is 0 Å². The summed E-state index contributed by atoms with van der Waals surface area (Å²) in [7, 11) is 0. The first-order valence-electron chi connectivity index (χ1n) is 6.23. The number of hydrogen-bond donors (Lipinski definition) is 1. The molecule has 0 spiro atoms. The number of nitrogens with one attached hydrogen (secondary N) is 1. The van der Waals surface area contributed by atoms with E-state index in [0.29, 0.717) is 17.5 Å². The van der Waals surface area contributed by atoms with E-state index in [-0.39, 0.29) is 0 Å². The molecule has 1 aromatic rings. The molecule has 3 heteroatoms. The molecule has 96 valence electrons. The van der Waals surface area contributed by atoms with Crippen molar-refractivity contribution in [1.82, 2.24) is 5.32 Å². The van der Waals surface area contributed by atoms with Gasteiger partial charge in [0.15, 0.2) is 0 Å². The average Bonchev–Trinajstić information content (AvgIpc) is 2.28. The van der Waals surface area contributed by atoms with Gasteiger partial charge in [0.1, 0.15) is 5.75 Å². The van der Waals surface area contributed by atoms with E-state index in [9.17, 15) is 0 Å². The van der Waals surface area contributed by atoms with Crippen LogP contribution in [0.1, 0.15) is 25.8 Å². The number of halogens is 1. The lowest BCUT2D eigenvalue weighted by molar-refractivity contribution is 0.256. The summed E-state index contributed by atoms with van der Waals surface area (Å²) in [6.07, 6.45) is 1.16. The molecule has 0 amide bonds. The monoisotopic (exact) mass is 255 g/mol. The van der Waals surface area contributed by atoms with E-state index < -0.39 is 0 Å². The third kappa shape index (κ3) is 5.42. The summed E-state index contributed by atoms with van der Waals surface area (Å²) in [4.78, 5) is 0. The third-order valence-corrected chi connectivity index (χ3v) is 2.83. The Balaban J connectivity index is 2.34. The van der Waals surface area contributed by atoms with Crippen molar-refractivity contribution < 1.29 is 4.74 Å². The van der Waals surface area contributed by atoms with E-state index in [1.165, 1.54) is 0 Å². The van der Waals surface area contributed by atoms with Crippen LogP contribution >= 0.6 is 11.6 Å². The summed E-state index contributed by atoms with van der Waals surface area (Å²) in [5.41, 5.74) is 1.15. The molecular formula is C14H22ClNO. The zero-order valence-corrected chi connectivity index (χ0v) is 11.7. The zero-order chi connectivity index (χ0) is 12.7. The number of hydrogen-bond acceptors (Lipinski definition) is 2. The Labute approximate surface area is 109 Å². The van der Waals surface area contributed by atoms with Gasteiger partial charge < -0.3 is 10.1 Å². The molecule has 0 aliphatic rings. The van der Waals surface area contributed by atoms with E-state index in [0.717, 1.165) is 30.8 Å². The lowest BCUT2D eigenvalue weighted by Crippen LogP contribution is -2.25. The molecule has 0 saturated carbocycles. The summed E-state index contributed by atoms with van der Waals surface area (Å²) >= 11 is 6.10. The van der Waals surface area contributed by atoms with Gasteiger partial charge in [-0.2, -0.15) is 0 Å². The van der Waals surface area contributed by atoms with Crippen molar-refractivity contribution >= 4 is 11.6 Å². The molecule has 17 heavy (non-hydrogen) atoms. The number of ether oxygens (including phenoxy) is 1. The fourth-order valence-corrected chi connectivity index (χ4v) is 1.83. The molecular weight excluding hydrogens is 234 g/mol. The van der Waals surface area contributed by atoms with E-state index in [4.69, 9.17) is 16.3 Å². The summed E-state index contributed by atoms with van der Waals surface area (Å²) in [6, 6.07) is 5.88. The first-order valence-corrected chi connectivity index (χ1v) is 6.61. The highest BCUT2D eigenvalue weighted by Crippen LogP contribution is 2.25. The first kappa shape index (κ1) is 14.3. The fourth-order valence-electron chi connectivity index (χ4n) is 1.54. The van der Waals surface area contributed by atoms with Crippen molar-refractivity contribution in [2.75, 3.05) is 19.7 Å². The Bertz CT molecular complexity index is 341. The number of rotatable bonds is 7. The Morgan fingerprint density at radius 3 is 2.82 bits per heavy atom. The molecule has 1 atom stereocenters. The van der Waals surface area contributed by atoms with E-state index in [1.807, 2.05) is 25.1 Å². The highest BCUT2D eigenvalue weighted by atomic mass is 35.5. The molecule has 0 aliphatic carbocycles. The highest BCUT2D eigenvalue weighted by molar-refractivity contribution is 6.32. The third-order valence-electron chi connectivity index (χ3n) is 2.53. The quantitative estimate of drug-likeness (QED) is 0.751. The number of aryl methyl sites for hydroxylation is 1. The predicted octanol–water partition coefficient (Wildman–Crippen LogP) is 3.66. The van der Waals surface area contributed by atoms with Crippen LogP contribution in [-0.2, 0) is 0 Å². The summed E-state index contributed by atoms with van der Waals surface area (Å²) in [5, 5.41) is 4.08. The molecule has 1 unspecified atom stereocenters. The second-order valence-corrected chi connectivity index (χ2v) is 4.96. The van der Waals surface area contributed by atoms with Crippen LogP contribution < -0.4 is 10.1 Å². The SMILES string of the molecule is CCCNCC(C)COc1ccc(C)cc1Cl. The van der Waals surface area contributed by atoms with Crippen LogP contribution in [0, 0.1) is 12.8 Å². The van der Waals surface area contributed by atoms with E-state index in [1.54, 1.807) is 0 Å². The molecule has 1 N–H and O–H groups in total. The Hall–Kier alpha value is -0.730. The molecule has 1 rings (SSSR count). The van der Waals surface area contributed by atoms with Crippen molar-refractivity contribution in [2.45, 2.75) is 27.2 Å². The lowest BCUT2D eigenvalue weighted by Gasteiger charge is -2.14. The normalized spacial score (nSPS) is 12.5. The van der Waals surface area contributed by atoms with Gasteiger partial charge in [0.25, 0.3) is 0 Å². The average molecular weight is 256 g/mol. The fraction of sp³-hybridized carbons (Fsp3) is 0.571. The Morgan fingerprint density at radius 1 is 1.41 bits per heavy atom. The number of benzene rings is 1. The van der Waals surface area contributed by atoms with Gasteiger partial charge in [0, 0.05) is 12.5 Å². The van der Waals surface area contributed by atoms with Crippen molar-refractivity contribution in [3.05, 3.63) is 28.8 Å². The minimum atomic E-state index is 0.485. The van der Waals surface area contributed by atoms with Crippen LogP contribution in [0.3, 0.4) is 0 Å². The van der Waals surface area contributed by atoms with E-state index in [2.05, 4.69) is 19.2 Å². The van der Waals surface area contributed by atoms with Crippen molar-refractivity contribution in [3.8, 4) is 5.75 Å². The molecule has 0 heterocycles. The van der Waals surface area contributed by atoms with Gasteiger partial charge in [0.2, 0.25) is 0 Å². The van der Waals surface area contributed by atoms with Crippen LogP contribution in [0.5, 0.6) is 5.75 Å². The first-order chi connectivity index (χ1) is 8.13. The maximum absolute atomic E-state index is 6.10. The Morgan fingerprint density at radius 2 is 2.18 bits per heavy atom. The smallest absolute Gasteiger partial charge is 0.137 e. The molecule has 0 aromatic heterocycles. The second-order valence-electron chi connectivity index (χ2n) is 4.55. The molecule has 0 aliphatic heterocycles. The molecule has 0 radical (unpaired) electrons. The van der Waals surface area contributed by atoms with Crippen LogP contribution in [0.25, 0.3) is 0 Å². The predicted molar refractivity (Wildman–Crippen MR) is 74.0 cm³/mol. The summed E-state index contributed by atoms with van der Waals surface area (Å²) in [5.74, 6) is 1.26. The van der Waals surface area contributed by atoms with E-state index >= 15 is 0 Å². The van der Waals surface area contributed by atoms with Gasteiger partial charge in [-0.25, -0.2) is 0 Å². The lowest BCUT2D eigenvalue weighted by atomic mass is 10.2. The standard InChI is InChI=1S/C14H22ClNO/c1-4-7-16-9-12(3)10-17-14-6-5-11(2)8-13(14)15/h5-6,8,12,16H,4,7,9-10H2,1-3H3. The summed E-state index contributed by atoms with van der Waals surface area (Å²) < 4.78 is 5.71. The maximum atomic E-state index is 6.10. The highest BCUT2D eigenvalue weighted by Gasteiger charge is 2.05. The maximum Gasteiger partial charge on any atom is 0.137 e. The van der Waals surface area contributed by atoms with Crippen LogP contribution in [-0.4, -0.2) is 19.7 Å².